The van der Waals surface area contributed by atoms with E-state index in [1.807, 2.05) is 0 Å². The van der Waals surface area contributed by atoms with Crippen molar-refractivity contribution in [2.45, 2.75) is 9.79 Å². The van der Waals surface area contributed by atoms with Crippen molar-refractivity contribution in [3.05, 3.63) is 84.4 Å². The van der Waals surface area contributed by atoms with Gasteiger partial charge in [-0.25, -0.2) is 16.8 Å². The summed E-state index contributed by atoms with van der Waals surface area (Å²) in [4.78, 5) is 12.7. The maximum Gasteiger partial charge on any atom is 0.264 e. The highest BCUT2D eigenvalue weighted by atomic mass is 32.2. The van der Waals surface area contributed by atoms with Gasteiger partial charge in [-0.2, -0.15) is 0 Å². The number of sulfonamides is 1. The van der Waals surface area contributed by atoms with Crippen molar-refractivity contribution in [3.8, 4) is 0 Å². The van der Waals surface area contributed by atoms with Gasteiger partial charge in [0.1, 0.15) is 0 Å². The van der Waals surface area contributed by atoms with Crippen LogP contribution in [0.3, 0.4) is 0 Å². The molecule has 1 amide bonds. The number of nitrogens with zero attached hydrogens (tertiary/aromatic N) is 1. The summed E-state index contributed by atoms with van der Waals surface area (Å²) < 4.78 is 50.1. The number of nitrogens with one attached hydrogen (secondary N) is 1. The van der Waals surface area contributed by atoms with Crippen LogP contribution in [0.5, 0.6) is 0 Å². The summed E-state index contributed by atoms with van der Waals surface area (Å²) in [6.07, 6.45) is 1.10. The molecular weight excluding hydrogens is 424 g/mol. The molecule has 3 aromatic rings. The van der Waals surface area contributed by atoms with Crippen LogP contribution in [0.4, 0.5) is 11.4 Å². The van der Waals surface area contributed by atoms with E-state index in [9.17, 15) is 21.6 Å². The Labute approximate surface area is 175 Å². The summed E-state index contributed by atoms with van der Waals surface area (Å²) in [5, 5.41) is 2.63. The standard InChI is InChI=1S/C21H20N2O5S2/c1-23(18-8-4-3-5-9-18)30(27,28)20-10-6-7-16(15-20)21(24)22-17-11-13-19(14-12-17)29(2,25)26/h3-15H,1-2H3,(H,22,24). The molecule has 30 heavy (non-hydrogen) atoms. The number of carbonyl (C=O) groups is 1. The molecule has 1 N–H and O–H groups in total. The van der Waals surface area contributed by atoms with Gasteiger partial charge in [-0.1, -0.05) is 24.3 Å². The van der Waals surface area contributed by atoms with Gasteiger partial charge in [-0.15, -0.1) is 0 Å². The predicted molar refractivity (Wildman–Crippen MR) is 116 cm³/mol. The van der Waals surface area contributed by atoms with Crippen LogP contribution in [0.1, 0.15) is 10.4 Å². The van der Waals surface area contributed by atoms with E-state index in [-0.39, 0.29) is 15.4 Å². The van der Waals surface area contributed by atoms with Gasteiger partial charge >= 0.3 is 0 Å². The minimum absolute atomic E-state index is 0.0195. The lowest BCUT2D eigenvalue weighted by Crippen LogP contribution is -2.26. The normalized spacial score (nSPS) is 11.7. The molecule has 0 aliphatic carbocycles. The minimum Gasteiger partial charge on any atom is -0.322 e. The second-order valence-corrected chi connectivity index (χ2v) is 10.6. The van der Waals surface area contributed by atoms with E-state index in [0.29, 0.717) is 11.4 Å². The zero-order valence-electron chi connectivity index (χ0n) is 16.3. The third kappa shape index (κ3) is 4.69. The number of rotatable bonds is 6. The highest BCUT2D eigenvalue weighted by molar-refractivity contribution is 7.92. The molecule has 156 valence electrons. The first-order valence-corrected chi connectivity index (χ1v) is 12.2. The number of carbonyl (C=O) groups excluding carboxylic acids is 1. The van der Waals surface area contributed by atoms with Gasteiger partial charge in [0, 0.05) is 24.6 Å². The summed E-state index contributed by atoms with van der Waals surface area (Å²) in [6.45, 7) is 0. The first-order valence-electron chi connectivity index (χ1n) is 8.84. The molecule has 0 aromatic heterocycles. The summed E-state index contributed by atoms with van der Waals surface area (Å²) in [7, 11) is -5.75. The largest absolute Gasteiger partial charge is 0.322 e. The Bertz CT molecular complexity index is 1270. The van der Waals surface area contributed by atoms with Crippen molar-refractivity contribution in [2.24, 2.45) is 0 Å². The lowest BCUT2D eigenvalue weighted by atomic mass is 10.2. The Morgan fingerprint density at radius 3 is 2.03 bits per heavy atom. The first kappa shape index (κ1) is 21.5. The second-order valence-electron chi connectivity index (χ2n) is 6.59. The first-order chi connectivity index (χ1) is 14.1. The van der Waals surface area contributed by atoms with Crippen molar-refractivity contribution in [3.63, 3.8) is 0 Å². The lowest BCUT2D eigenvalue weighted by molar-refractivity contribution is 0.102. The molecule has 0 saturated carbocycles. The minimum atomic E-state index is -3.86. The van der Waals surface area contributed by atoms with Gasteiger partial charge in [-0.05, 0) is 54.6 Å². The van der Waals surface area contributed by atoms with Gasteiger partial charge in [0.2, 0.25) is 0 Å². The monoisotopic (exact) mass is 444 g/mol. The molecule has 9 heteroatoms. The summed E-state index contributed by atoms with van der Waals surface area (Å²) in [5.74, 6) is -0.512. The number of anilines is 2. The molecule has 0 bridgehead atoms. The molecule has 0 spiro atoms. The number of hydrogen-bond acceptors (Lipinski definition) is 5. The maximum absolute atomic E-state index is 12.9. The van der Waals surface area contributed by atoms with Crippen LogP contribution in [0, 0.1) is 0 Å². The van der Waals surface area contributed by atoms with E-state index in [1.165, 1.54) is 55.6 Å². The summed E-state index contributed by atoms with van der Waals surface area (Å²) in [6, 6.07) is 20.1. The van der Waals surface area contributed by atoms with E-state index in [0.717, 1.165) is 10.6 Å². The number of hydrogen-bond donors (Lipinski definition) is 1. The van der Waals surface area contributed by atoms with Gasteiger partial charge in [-0.3, -0.25) is 9.10 Å². The Hall–Kier alpha value is -3.17. The van der Waals surface area contributed by atoms with Gasteiger partial charge in [0.25, 0.3) is 15.9 Å². The van der Waals surface area contributed by atoms with Gasteiger partial charge in [0.05, 0.1) is 15.5 Å². The van der Waals surface area contributed by atoms with Gasteiger partial charge < -0.3 is 5.32 Å². The Balaban J connectivity index is 1.83. The van der Waals surface area contributed by atoms with E-state index in [4.69, 9.17) is 0 Å². The van der Waals surface area contributed by atoms with E-state index in [1.54, 1.807) is 30.3 Å². The molecule has 0 atom stereocenters. The highest BCUT2D eigenvalue weighted by Crippen LogP contribution is 2.23. The fraction of sp³-hybridized carbons (Fsp3) is 0.0952. The summed E-state index contributed by atoms with van der Waals surface area (Å²) >= 11 is 0. The molecule has 3 aromatic carbocycles. The Morgan fingerprint density at radius 1 is 0.800 bits per heavy atom. The van der Waals surface area contributed by atoms with Gasteiger partial charge in [0.15, 0.2) is 9.84 Å². The van der Waals surface area contributed by atoms with Crippen LogP contribution < -0.4 is 9.62 Å². The Kier molecular flexibility index (Phi) is 5.95. The highest BCUT2D eigenvalue weighted by Gasteiger charge is 2.22. The van der Waals surface area contributed by atoms with Crippen molar-refractivity contribution in [1.82, 2.24) is 0 Å². The lowest BCUT2D eigenvalue weighted by Gasteiger charge is -2.19. The molecule has 0 aliphatic heterocycles. The average molecular weight is 445 g/mol. The smallest absolute Gasteiger partial charge is 0.264 e. The molecule has 0 heterocycles. The van der Waals surface area contributed by atoms with Crippen LogP contribution in [-0.4, -0.2) is 36.0 Å². The molecule has 0 aliphatic rings. The van der Waals surface area contributed by atoms with Crippen LogP contribution >= 0.6 is 0 Å². The zero-order chi connectivity index (χ0) is 21.9. The number of para-hydroxylation sites is 1. The van der Waals surface area contributed by atoms with Crippen LogP contribution in [0.15, 0.2) is 88.7 Å². The zero-order valence-corrected chi connectivity index (χ0v) is 17.9. The molecule has 0 unspecified atom stereocenters. The second kappa shape index (κ2) is 8.29. The van der Waals surface area contributed by atoms with Crippen molar-refractivity contribution in [2.75, 3.05) is 22.9 Å². The fourth-order valence-corrected chi connectivity index (χ4v) is 4.59. The van der Waals surface area contributed by atoms with Crippen LogP contribution in [-0.2, 0) is 19.9 Å². The van der Waals surface area contributed by atoms with Crippen LogP contribution in [0.25, 0.3) is 0 Å². The van der Waals surface area contributed by atoms with Crippen LogP contribution in [0.2, 0.25) is 0 Å². The molecule has 0 saturated heterocycles. The molecule has 3 rings (SSSR count). The molecule has 0 radical (unpaired) electrons. The van der Waals surface area contributed by atoms with Crippen molar-refractivity contribution in [1.29, 1.82) is 0 Å². The number of benzene rings is 3. The molecule has 7 nitrogen and oxygen atoms in total. The van der Waals surface area contributed by atoms with E-state index >= 15 is 0 Å². The third-order valence-electron chi connectivity index (χ3n) is 4.41. The quantitative estimate of drug-likeness (QED) is 0.629. The number of amides is 1. The predicted octanol–water partition coefficient (Wildman–Crippen LogP) is 3.17. The van der Waals surface area contributed by atoms with E-state index < -0.39 is 25.8 Å². The summed E-state index contributed by atoms with van der Waals surface area (Å²) in [5.41, 5.74) is 1.05. The SMILES string of the molecule is CN(c1ccccc1)S(=O)(=O)c1cccc(C(=O)Nc2ccc(S(C)(=O)=O)cc2)c1. The van der Waals surface area contributed by atoms with E-state index in [2.05, 4.69) is 5.32 Å². The average Bonchev–Trinajstić information content (AvgIpc) is 2.73. The third-order valence-corrected chi connectivity index (χ3v) is 7.32. The Morgan fingerprint density at radius 2 is 1.43 bits per heavy atom. The molecular formula is C21H20N2O5S2. The van der Waals surface area contributed by atoms with Crippen molar-refractivity contribution < 1.29 is 21.6 Å². The molecule has 0 fully saturated rings. The topological polar surface area (TPSA) is 101 Å². The number of sulfone groups is 1. The fourth-order valence-electron chi connectivity index (χ4n) is 2.72. The van der Waals surface area contributed by atoms with Crippen molar-refractivity contribution >= 4 is 37.1 Å². The maximum atomic E-state index is 12.9.